The molecule has 0 amide bonds. The van der Waals surface area contributed by atoms with E-state index >= 15 is 0 Å². The highest BCUT2D eigenvalue weighted by molar-refractivity contribution is 6.31. The van der Waals surface area contributed by atoms with Gasteiger partial charge in [-0.1, -0.05) is 23.2 Å². The van der Waals surface area contributed by atoms with E-state index < -0.39 is 5.82 Å². The molecule has 0 spiro atoms. The van der Waals surface area contributed by atoms with Crippen LogP contribution in [-0.4, -0.2) is 14.5 Å². The van der Waals surface area contributed by atoms with Crippen LogP contribution in [0.1, 0.15) is 0 Å². The maximum atomic E-state index is 13.4. The van der Waals surface area contributed by atoms with E-state index in [0.29, 0.717) is 21.9 Å². The standard InChI is InChI=1S/C12H7Cl2FN4/c13-6-1-8(15)4-9(2-6)19-11-10(18-12(19)16)3-7(14)5-17-11/h1-5H,(H2,16,18). The summed E-state index contributed by atoms with van der Waals surface area (Å²) in [6.45, 7) is 0. The van der Waals surface area contributed by atoms with Gasteiger partial charge in [-0.2, -0.15) is 0 Å². The van der Waals surface area contributed by atoms with Gasteiger partial charge in [0.1, 0.15) is 11.3 Å². The van der Waals surface area contributed by atoms with Gasteiger partial charge >= 0.3 is 0 Å². The Balaban J connectivity index is 2.32. The SMILES string of the molecule is Nc1nc2cc(Cl)cnc2n1-c1cc(F)cc(Cl)c1. The quantitative estimate of drug-likeness (QED) is 0.748. The predicted molar refractivity (Wildman–Crippen MR) is 73.3 cm³/mol. The van der Waals surface area contributed by atoms with Crippen molar-refractivity contribution in [3.05, 3.63) is 46.3 Å². The molecule has 7 heteroatoms. The lowest BCUT2D eigenvalue weighted by atomic mass is 10.3. The van der Waals surface area contributed by atoms with Crippen molar-refractivity contribution in [3.8, 4) is 5.69 Å². The first-order valence-electron chi connectivity index (χ1n) is 5.30. The summed E-state index contributed by atoms with van der Waals surface area (Å²) in [6, 6.07) is 5.74. The maximum absolute atomic E-state index is 13.4. The third kappa shape index (κ3) is 2.11. The molecule has 4 nitrogen and oxygen atoms in total. The first-order chi connectivity index (χ1) is 9.04. The first-order valence-corrected chi connectivity index (χ1v) is 6.06. The first kappa shape index (κ1) is 12.2. The summed E-state index contributed by atoms with van der Waals surface area (Å²) < 4.78 is 14.9. The average molecular weight is 297 g/mol. The van der Waals surface area contributed by atoms with Crippen LogP contribution in [0.15, 0.2) is 30.5 Å². The molecule has 0 aliphatic rings. The number of hydrogen-bond acceptors (Lipinski definition) is 3. The Morgan fingerprint density at radius 2 is 1.89 bits per heavy atom. The molecule has 0 saturated carbocycles. The molecule has 3 rings (SSSR count). The zero-order valence-corrected chi connectivity index (χ0v) is 11.0. The van der Waals surface area contributed by atoms with Crippen LogP contribution in [0, 0.1) is 5.82 Å². The molecule has 2 aromatic heterocycles. The van der Waals surface area contributed by atoms with Crippen LogP contribution in [0.2, 0.25) is 10.0 Å². The summed E-state index contributed by atoms with van der Waals surface area (Å²) in [5.74, 6) is -0.274. The number of anilines is 1. The van der Waals surface area contributed by atoms with Crippen LogP contribution in [0.4, 0.5) is 10.3 Å². The summed E-state index contributed by atoms with van der Waals surface area (Å²) in [4.78, 5) is 8.30. The van der Waals surface area contributed by atoms with Gasteiger partial charge in [-0.25, -0.2) is 14.4 Å². The summed E-state index contributed by atoms with van der Waals surface area (Å²) in [5.41, 5.74) is 7.32. The summed E-state index contributed by atoms with van der Waals surface area (Å²) >= 11 is 11.7. The fourth-order valence-electron chi connectivity index (χ4n) is 1.88. The van der Waals surface area contributed by atoms with E-state index in [2.05, 4.69) is 9.97 Å². The number of nitrogens with zero attached hydrogens (tertiary/aromatic N) is 3. The molecule has 19 heavy (non-hydrogen) atoms. The lowest BCUT2D eigenvalue weighted by molar-refractivity contribution is 0.627. The van der Waals surface area contributed by atoms with Gasteiger partial charge in [0, 0.05) is 11.2 Å². The van der Waals surface area contributed by atoms with Crippen LogP contribution in [-0.2, 0) is 0 Å². The Morgan fingerprint density at radius 1 is 1.11 bits per heavy atom. The number of nitrogen functional groups attached to an aromatic ring is 1. The van der Waals surface area contributed by atoms with Gasteiger partial charge in [0.2, 0.25) is 5.95 Å². The van der Waals surface area contributed by atoms with Crippen molar-refractivity contribution in [2.24, 2.45) is 0 Å². The summed E-state index contributed by atoms with van der Waals surface area (Å²) in [5, 5.41) is 0.722. The predicted octanol–water partition coefficient (Wildman–Crippen LogP) is 3.45. The monoisotopic (exact) mass is 296 g/mol. The molecule has 0 radical (unpaired) electrons. The van der Waals surface area contributed by atoms with Gasteiger partial charge < -0.3 is 5.73 Å². The van der Waals surface area contributed by atoms with Gasteiger partial charge in [0.25, 0.3) is 0 Å². The topological polar surface area (TPSA) is 56.7 Å². The molecule has 0 aliphatic heterocycles. The third-order valence-electron chi connectivity index (χ3n) is 2.60. The number of nitrogens with two attached hydrogens (primary N) is 1. The second-order valence-corrected chi connectivity index (χ2v) is 4.80. The van der Waals surface area contributed by atoms with E-state index in [1.54, 1.807) is 12.1 Å². The highest BCUT2D eigenvalue weighted by atomic mass is 35.5. The zero-order chi connectivity index (χ0) is 13.6. The van der Waals surface area contributed by atoms with E-state index in [4.69, 9.17) is 28.9 Å². The molecule has 1 aromatic carbocycles. The number of aromatic nitrogens is 3. The van der Waals surface area contributed by atoms with E-state index in [9.17, 15) is 4.39 Å². The molecule has 0 saturated heterocycles. The van der Waals surface area contributed by atoms with Gasteiger partial charge in [-0.05, 0) is 24.3 Å². The fourth-order valence-corrected chi connectivity index (χ4v) is 2.25. The van der Waals surface area contributed by atoms with Gasteiger partial charge in [0.15, 0.2) is 5.65 Å². The number of rotatable bonds is 1. The minimum atomic E-state index is -0.460. The molecule has 96 valence electrons. The lowest BCUT2D eigenvalue weighted by Gasteiger charge is -2.06. The Kier molecular flexibility index (Phi) is 2.80. The molecular formula is C12H7Cl2FN4. The van der Waals surface area contributed by atoms with Crippen molar-refractivity contribution < 1.29 is 4.39 Å². The second kappa shape index (κ2) is 4.36. The van der Waals surface area contributed by atoms with Crippen LogP contribution in [0.3, 0.4) is 0 Å². The van der Waals surface area contributed by atoms with Crippen LogP contribution in [0.5, 0.6) is 0 Å². The smallest absolute Gasteiger partial charge is 0.207 e. The summed E-state index contributed by atoms with van der Waals surface area (Å²) in [7, 11) is 0. The lowest BCUT2D eigenvalue weighted by Crippen LogP contribution is -2.01. The fraction of sp³-hybridized carbons (Fsp3) is 0. The van der Waals surface area contributed by atoms with E-state index in [-0.39, 0.29) is 11.0 Å². The number of fused-ring (bicyclic) bond motifs is 1. The Hall–Kier alpha value is -1.85. The number of halogens is 3. The largest absolute Gasteiger partial charge is 0.369 e. The molecule has 0 aliphatic carbocycles. The normalized spacial score (nSPS) is 11.1. The minimum absolute atomic E-state index is 0.187. The molecule has 3 aromatic rings. The second-order valence-electron chi connectivity index (χ2n) is 3.93. The minimum Gasteiger partial charge on any atom is -0.369 e. The Labute approximate surface area is 117 Å². The Bertz CT molecular complexity index is 764. The van der Waals surface area contributed by atoms with E-state index in [1.165, 1.54) is 22.9 Å². The highest BCUT2D eigenvalue weighted by Crippen LogP contribution is 2.25. The van der Waals surface area contributed by atoms with E-state index in [1.807, 2.05) is 0 Å². The summed E-state index contributed by atoms with van der Waals surface area (Å²) in [6.07, 6.45) is 1.47. The Morgan fingerprint density at radius 3 is 2.63 bits per heavy atom. The van der Waals surface area contributed by atoms with Crippen molar-refractivity contribution in [1.29, 1.82) is 0 Å². The van der Waals surface area contributed by atoms with Gasteiger partial charge in [0.05, 0.1) is 10.7 Å². The van der Waals surface area contributed by atoms with Gasteiger partial charge in [-0.3, -0.25) is 4.57 Å². The number of pyridine rings is 1. The molecule has 2 N–H and O–H groups in total. The molecule has 0 atom stereocenters. The molecular weight excluding hydrogens is 290 g/mol. The maximum Gasteiger partial charge on any atom is 0.207 e. The zero-order valence-electron chi connectivity index (χ0n) is 9.44. The van der Waals surface area contributed by atoms with Crippen LogP contribution >= 0.6 is 23.2 Å². The molecule has 2 heterocycles. The number of imidazole rings is 1. The average Bonchev–Trinajstić information content (AvgIpc) is 2.62. The number of hydrogen-bond donors (Lipinski definition) is 1. The van der Waals surface area contributed by atoms with Crippen molar-refractivity contribution in [2.45, 2.75) is 0 Å². The van der Waals surface area contributed by atoms with Gasteiger partial charge in [-0.15, -0.1) is 0 Å². The molecule has 0 unspecified atom stereocenters. The third-order valence-corrected chi connectivity index (χ3v) is 3.02. The van der Waals surface area contributed by atoms with Crippen molar-refractivity contribution >= 4 is 40.3 Å². The molecule has 0 fully saturated rings. The molecule has 0 bridgehead atoms. The van der Waals surface area contributed by atoms with E-state index in [0.717, 1.165) is 0 Å². The highest BCUT2D eigenvalue weighted by Gasteiger charge is 2.13. The number of benzene rings is 1. The van der Waals surface area contributed by atoms with Crippen LogP contribution in [0.25, 0.3) is 16.9 Å². The van der Waals surface area contributed by atoms with Crippen molar-refractivity contribution in [3.63, 3.8) is 0 Å². The van der Waals surface area contributed by atoms with Crippen molar-refractivity contribution in [1.82, 2.24) is 14.5 Å². The van der Waals surface area contributed by atoms with Crippen LogP contribution < -0.4 is 5.73 Å². The van der Waals surface area contributed by atoms with Crippen molar-refractivity contribution in [2.75, 3.05) is 5.73 Å².